The van der Waals surface area contributed by atoms with E-state index >= 15 is 0 Å². The van der Waals surface area contributed by atoms with Crippen molar-refractivity contribution in [2.75, 3.05) is 6.54 Å². The predicted molar refractivity (Wildman–Crippen MR) is 104 cm³/mol. The van der Waals surface area contributed by atoms with Crippen molar-refractivity contribution in [2.45, 2.75) is 46.2 Å². The van der Waals surface area contributed by atoms with Gasteiger partial charge in [0.05, 0.1) is 22.5 Å². The van der Waals surface area contributed by atoms with Crippen molar-refractivity contribution in [3.8, 4) is 0 Å². The predicted octanol–water partition coefficient (Wildman–Crippen LogP) is 5.09. The molecular weight excluding hydrogens is 349 g/mol. The lowest BCUT2D eigenvalue weighted by Gasteiger charge is -2.22. The van der Waals surface area contributed by atoms with E-state index in [1.54, 1.807) is 6.07 Å². The first kappa shape index (κ1) is 18.6. The minimum Gasteiger partial charge on any atom is -0.330 e. The van der Waals surface area contributed by atoms with Crippen molar-refractivity contribution in [2.24, 2.45) is 0 Å². The molecule has 2 aromatic heterocycles. The first-order valence-electron chi connectivity index (χ1n) is 9.11. The number of aryl methyl sites for hydroxylation is 1. The molecule has 3 rings (SSSR count). The summed E-state index contributed by atoms with van der Waals surface area (Å²) in [5.41, 5.74) is 1.56. The molecule has 0 spiro atoms. The number of fused-ring (bicyclic) bond motifs is 1. The number of halogens is 1. The van der Waals surface area contributed by atoms with Gasteiger partial charge < -0.3 is 9.47 Å². The number of carbonyl (C=O) groups excluding carboxylic acids is 1. The number of aromatic nitrogens is 2. The van der Waals surface area contributed by atoms with Crippen molar-refractivity contribution in [1.82, 2.24) is 14.5 Å². The molecule has 0 aliphatic rings. The number of carbonyl (C=O) groups is 1. The normalized spacial score (nSPS) is 11.2. The molecule has 1 amide bonds. The summed E-state index contributed by atoms with van der Waals surface area (Å²) in [6.45, 7) is 6.08. The number of thiophene rings is 1. The van der Waals surface area contributed by atoms with Crippen LogP contribution in [-0.2, 0) is 13.1 Å². The average molecular weight is 373 g/mol. The maximum absolute atomic E-state index is 13.7. The monoisotopic (exact) mass is 373 g/mol. The Morgan fingerprint density at radius 2 is 2.12 bits per heavy atom. The molecule has 0 fully saturated rings. The summed E-state index contributed by atoms with van der Waals surface area (Å²) >= 11 is 1.46. The molecule has 1 aromatic carbocycles. The second-order valence-corrected chi connectivity index (χ2v) is 7.32. The third kappa shape index (κ3) is 3.96. The van der Waals surface area contributed by atoms with Crippen LogP contribution in [0.5, 0.6) is 0 Å². The molecule has 4 nitrogen and oxygen atoms in total. The van der Waals surface area contributed by atoms with Gasteiger partial charge in [-0.2, -0.15) is 0 Å². The number of unbranched alkanes of at least 4 members (excludes halogenated alkanes) is 1. The van der Waals surface area contributed by atoms with Gasteiger partial charge in [-0.15, -0.1) is 11.3 Å². The number of rotatable bonds is 8. The van der Waals surface area contributed by atoms with Gasteiger partial charge in [0.1, 0.15) is 11.6 Å². The lowest BCUT2D eigenvalue weighted by molar-refractivity contribution is 0.0739. The maximum atomic E-state index is 13.7. The van der Waals surface area contributed by atoms with Crippen LogP contribution in [0.25, 0.3) is 11.0 Å². The second kappa shape index (κ2) is 8.45. The van der Waals surface area contributed by atoms with Gasteiger partial charge in [-0.25, -0.2) is 9.37 Å². The molecule has 0 radical (unpaired) electrons. The number of hydrogen-bond donors (Lipinski definition) is 0. The molecule has 0 unspecified atom stereocenters. The lowest BCUT2D eigenvalue weighted by Crippen LogP contribution is -2.32. The molecule has 3 aromatic rings. The summed E-state index contributed by atoms with van der Waals surface area (Å²) in [6.07, 6.45) is 2.88. The van der Waals surface area contributed by atoms with Crippen molar-refractivity contribution in [3.63, 3.8) is 0 Å². The van der Waals surface area contributed by atoms with Crippen LogP contribution in [-0.4, -0.2) is 26.9 Å². The van der Waals surface area contributed by atoms with Gasteiger partial charge in [-0.1, -0.05) is 26.3 Å². The molecule has 0 bridgehead atoms. The average Bonchev–Trinajstić information content (AvgIpc) is 3.27. The number of hydrogen-bond acceptors (Lipinski definition) is 3. The molecule has 0 saturated carbocycles. The van der Waals surface area contributed by atoms with Gasteiger partial charge in [0.2, 0.25) is 0 Å². The van der Waals surface area contributed by atoms with Gasteiger partial charge in [0.25, 0.3) is 5.91 Å². The van der Waals surface area contributed by atoms with Crippen molar-refractivity contribution < 1.29 is 9.18 Å². The van der Waals surface area contributed by atoms with Crippen LogP contribution in [0.3, 0.4) is 0 Å². The number of nitrogens with zero attached hydrogens (tertiary/aromatic N) is 3. The van der Waals surface area contributed by atoms with E-state index in [2.05, 4.69) is 18.8 Å². The Balaban J connectivity index is 1.94. The number of amides is 1. The summed E-state index contributed by atoms with van der Waals surface area (Å²) in [7, 11) is 0. The van der Waals surface area contributed by atoms with E-state index in [4.69, 9.17) is 0 Å². The van der Waals surface area contributed by atoms with E-state index < -0.39 is 0 Å². The maximum Gasteiger partial charge on any atom is 0.264 e. The zero-order valence-corrected chi connectivity index (χ0v) is 16.1. The molecule has 0 saturated heterocycles. The number of imidazole rings is 1. The Morgan fingerprint density at radius 3 is 2.81 bits per heavy atom. The molecule has 2 heterocycles. The summed E-state index contributed by atoms with van der Waals surface area (Å²) in [5, 5.41) is 1.92. The molecule has 0 N–H and O–H groups in total. The molecule has 0 atom stereocenters. The van der Waals surface area contributed by atoms with Gasteiger partial charge >= 0.3 is 0 Å². The standard InChI is InChI=1S/C20H24FN3OS/c1-3-5-11-23(20(25)18-7-6-12-26-18)14-19-22-16-9-8-15(21)13-17(16)24(19)10-4-2/h6-9,12-13H,3-5,10-11,14H2,1-2H3. The van der Waals surface area contributed by atoms with Crippen LogP contribution in [0.2, 0.25) is 0 Å². The molecule has 26 heavy (non-hydrogen) atoms. The van der Waals surface area contributed by atoms with Crippen LogP contribution in [0, 0.1) is 5.82 Å². The fourth-order valence-corrected chi connectivity index (χ4v) is 3.76. The van der Waals surface area contributed by atoms with E-state index in [1.165, 1.54) is 23.5 Å². The molecule has 0 aliphatic heterocycles. The highest BCUT2D eigenvalue weighted by molar-refractivity contribution is 7.12. The Kier molecular flexibility index (Phi) is 6.04. The third-order valence-electron chi connectivity index (χ3n) is 4.37. The second-order valence-electron chi connectivity index (χ2n) is 6.37. The largest absolute Gasteiger partial charge is 0.330 e. The molecule has 6 heteroatoms. The Hall–Kier alpha value is -2.21. The van der Waals surface area contributed by atoms with Crippen LogP contribution < -0.4 is 0 Å². The van der Waals surface area contributed by atoms with Gasteiger partial charge in [-0.05, 0) is 42.5 Å². The third-order valence-corrected chi connectivity index (χ3v) is 5.23. The summed E-state index contributed by atoms with van der Waals surface area (Å²) in [5.74, 6) is 0.585. The SMILES string of the molecule is CCCCN(Cc1nc2ccc(F)cc2n1CCC)C(=O)c1cccs1. The van der Waals surface area contributed by atoms with Crippen LogP contribution in [0.4, 0.5) is 4.39 Å². The Bertz CT molecular complexity index is 873. The Labute approximate surface area is 157 Å². The lowest BCUT2D eigenvalue weighted by atomic mass is 10.3. The highest BCUT2D eigenvalue weighted by atomic mass is 32.1. The highest BCUT2D eigenvalue weighted by Crippen LogP contribution is 2.21. The zero-order valence-electron chi connectivity index (χ0n) is 15.2. The van der Waals surface area contributed by atoms with E-state index in [9.17, 15) is 9.18 Å². The van der Waals surface area contributed by atoms with Crippen LogP contribution in [0.1, 0.15) is 48.6 Å². The van der Waals surface area contributed by atoms with Crippen molar-refractivity contribution >= 4 is 28.3 Å². The first-order valence-corrected chi connectivity index (χ1v) is 9.99. The summed E-state index contributed by atoms with van der Waals surface area (Å²) in [4.78, 5) is 20.2. The minimum absolute atomic E-state index is 0.0368. The van der Waals surface area contributed by atoms with Gasteiger partial charge in [0.15, 0.2) is 0 Å². The fraction of sp³-hybridized carbons (Fsp3) is 0.400. The smallest absolute Gasteiger partial charge is 0.264 e. The molecule has 138 valence electrons. The summed E-state index contributed by atoms with van der Waals surface area (Å²) < 4.78 is 15.7. The van der Waals surface area contributed by atoms with Crippen molar-refractivity contribution in [1.29, 1.82) is 0 Å². The highest BCUT2D eigenvalue weighted by Gasteiger charge is 2.20. The summed E-state index contributed by atoms with van der Waals surface area (Å²) in [6, 6.07) is 8.42. The van der Waals surface area contributed by atoms with Gasteiger partial charge in [0, 0.05) is 13.1 Å². The molecular formula is C20H24FN3OS. The number of benzene rings is 1. The zero-order chi connectivity index (χ0) is 18.5. The van der Waals surface area contributed by atoms with E-state index in [0.29, 0.717) is 13.1 Å². The van der Waals surface area contributed by atoms with Gasteiger partial charge in [-0.3, -0.25) is 4.79 Å². The minimum atomic E-state index is -0.265. The van der Waals surface area contributed by atoms with Crippen LogP contribution in [0.15, 0.2) is 35.7 Å². The first-order chi connectivity index (χ1) is 12.6. The van der Waals surface area contributed by atoms with E-state index in [-0.39, 0.29) is 11.7 Å². The molecule has 0 aliphatic carbocycles. The topological polar surface area (TPSA) is 38.1 Å². The van der Waals surface area contributed by atoms with E-state index in [0.717, 1.165) is 47.5 Å². The Morgan fingerprint density at radius 1 is 1.27 bits per heavy atom. The van der Waals surface area contributed by atoms with E-state index in [1.807, 2.05) is 27.0 Å². The quantitative estimate of drug-likeness (QED) is 0.552. The van der Waals surface area contributed by atoms with Crippen molar-refractivity contribution in [3.05, 3.63) is 52.2 Å². The van der Waals surface area contributed by atoms with Crippen LogP contribution >= 0.6 is 11.3 Å². The fourth-order valence-electron chi connectivity index (χ4n) is 3.07.